The summed E-state index contributed by atoms with van der Waals surface area (Å²) in [5.74, 6) is 1.25. The monoisotopic (exact) mass is 673 g/mol. The van der Waals surface area contributed by atoms with Crippen LogP contribution in [0.2, 0.25) is 5.02 Å². The molecule has 0 spiro atoms. The second-order valence-corrected chi connectivity index (χ2v) is 15.3. The fraction of sp³-hybridized carbons (Fsp3) is 0.378. The number of sulfonamides is 1. The molecule has 3 fully saturated rings. The van der Waals surface area contributed by atoms with Crippen molar-refractivity contribution in [2.45, 2.75) is 74.1 Å². The third kappa shape index (κ3) is 6.99. The minimum absolute atomic E-state index is 0.109. The maximum Gasteiger partial charge on any atom is 0.243 e. The first-order valence-electron chi connectivity index (χ1n) is 16.5. The quantitative estimate of drug-likeness (QED) is 0.225. The minimum atomic E-state index is -4.00. The molecule has 0 unspecified atom stereocenters. The van der Waals surface area contributed by atoms with E-state index in [2.05, 4.69) is 0 Å². The standard InChI is InChI=1S/C37H40ClN3O5S/c38-29-11-5-25(6-12-29)26-7-13-32(14-8-26)46-34-18-20-41(36(23-34)37(42)40-19-17-30(39)24-40)47(43,44)35-16-10-27-21-33(15-9-28(27)22-35)45-31-3-1-2-4-31/h5-16,21-22,30-31,34,36H,1-4,17-20,23-24,39H2/t30-,34+,36+/m0/s1. The Morgan fingerprint density at radius 3 is 2.09 bits per heavy atom. The van der Waals surface area contributed by atoms with Crippen LogP contribution in [-0.4, -0.2) is 67.5 Å². The number of likely N-dealkylation sites (tertiary alicyclic amines) is 1. The maximum atomic E-state index is 14.2. The van der Waals surface area contributed by atoms with Crippen LogP contribution >= 0.6 is 11.6 Å². The van der Waals surface area contributed by atoms with Crippen LogP contribution < -0.4 is 15.2 Å². The zero-order valence-electron chi connectivity index (χ0n) is 26.3. The Labute approximate surface area is 281 Å². The van der Waals surface area contributed by atoms with Crippen LogP contribution in [0.4, 0.5) is 0 Å². The molecule has 0 bridgehead atoms. The number of hydrogen-bond acceptors (Lipinski definition) is 6. The second-order valence-electron chi connectivity index (χ2n) is 13.0. The van der Waals surface area contributed by atoms with Crippen molar-refractivity contribution in [1.82, 2.24) is 9.21 Å². The number of nitrogens with zero attached hydrogens (tertiary/aromatic N) is 2. The molecule has 4 aromatic carbocycles. The van der Waals surface area contributed by atoms with E-state index in [1.54, 1.807) is 17.0 Å². The number of ether oxygens (including phenoxy) is 2. The van der Waals surface area contributed by atoms with Crippen LogP contribution in [0.25, 0.3) is 21.9 Å². The van der Waals surface area contributed by atoms with Crippen molar-refractivity contribution in [3.05, 3.63) is 90.0 Å². The molecule has 2 N–H and O–H groups in total. The van der Waals surface area contributed by atoms with Gasteiger partial charge in [0, 0.05) is 37.1 Å². The van der Waals surface area contributed by atoms with E-state index >= 15 is 0 Å². The maximum absolute atomic E-state index is 14.2. The van der Waals surface area contributed by atoms with Crippen LogP contribution in [0.15, 0.2) is 89.8 Å². The molecular weight excluding hydrogens is 634 g/mol. The number of nitrogens with two attached hydrogens (primary N) is 1. The minimum Gasteiger partial charge on any atom is -0.490 e. The summed E-state index contributed by atoms with van der Waals surface area (Å²) in [6.45, 7) is 1.10. The fourth-order valence-corrected chi connectivity index (χ4v) is 8.83. The number of carbonyl (C=O) groups is 1. The molecule has 2 heterocycles. The van der Waals surface area contributed by atoms with Gasteiger partial charge in [-0.05, 0) is 109 Å². The van der Waals surface area contributed by atoms with Crippen molar-refractivity contribution >= 4 is 38.3 Å². The van der Waals surface area contributed by atoms with E-state index in [9.17, 15) is 13.2 Å². The van der Waals surface area contributed by atoms with Gasteiger partial charge in [0.1, 0.15) is 23.6 Å². The molecular formula is C37H40ClN3O5S. The average molecular weight is 674 g/mol. The van der Waals surface area contributed by atoms with Gasteiger partial charge in [0.05, 0.1) is 11.0 Å². The van der Waals surface area contributed by atoms with Gasteiger partial charge in [0.25, 0.3) is 0 Å². The van der Waals surface area contributed by atoms with Crippen molar-refractivity contribution in [2.75, 3.05) is 19.6 Å². The summed E-state index contributed by atoms with van der Waals surface area (Å²) in [5.41, 5.74) is 8.21. The van der Waals surface area contributed by atoms with E-state index in [0.29, 0.717) is 36.7 Å². The van der Waals surface area contributed by atoms with Crippen LogP contribution in [0.5, 0.6) is 11.5 Å². The van der Waals surface area contributed by atoms with Crippen LogP contribution in [-0.2, 0) is 14.8 Å². The predicted molar refractivity (Wildman–Crippen MR) is 184 cm³/mol. The summed E-state index contributed by atoms with van der Waals surface area (Å²) in [6.07, 6.45) is 5.82. The molecule has 246 valence electrons. The van der Waals surface area contributed by atoms with Crippen molar-refractivity contribution in [3.63, 3.8) is 0 Å². The van der Waals surface area contributed by atoms with Gasteiger partial charge in [0.15, 0.2) is 0 Å². The lowest BCUT2D eigenvalue weighted by molar-refractivity contribution is -0.136. The van der Waals surface area contributed by atoms with Gasteiger partial charge < -0.3 is 20.1 Å². The fourth-order valence-electron chi connectivity index (χ4n) is 7.06. The van der Waals surface area contributed by atoms with Crippen LogP contribution in [0, 0.1) is 0 Å². The zero-order chi connectivity index (χ0) is 32.5. The Kier molecular flexibility index (Phi) is 9.16. The van der Waals surface area contributed by atoms with Crippen molar-refractivity contribution < 1.29 is 22.7 Å². The summed E-state index contributed by atoms with van der Waals surface area (Å²) >= 11 is 6.04. The number of rotatable bonds is 8. The summed E-state index contributed by atoms with van der Waals surface area (Å²) in [7, 11) is -4.00. The predicted octanol–water partition coefficient (Wildman–Crippen LogP) is 6.64. The van der Waals surface area contributed by atoms with Gasteiger partial charge in [-0.1, -0.05) is 48.0 Å². The first-order valence-corrected chi connectivity index (χ1v) is 18.3. The molecule has 0 aromatic heterocycles. The van der Waals surface area contributed by atoms with Gasteiger partial charge in [-0.3, -0.25) is 4.79 Å². The molecule has 8 nitrogen and oxygen atoms in total. The smallest absolute Gasteiger partial charge is 0.243 e. The summed E-state index contributed by atoms with van der Waals surface area (Å²) < 4.78 is 42.4. The highest BCUT2D eigenvalue weighted by Gasteiger charge is 2.44. The molecule has 1 aliphatic carbocycles. The number of amides is 1. The van der Waals surface area contributed by atoms with E-state index in [4.69, 9.17) is 26.8 Å². The Morgan fingerprint density at radius 1 is 0.745 bits per heavy atom. The first kappa shape index (κ1) is 31.9. The third-order valence-electron chi connectivity index (χ3n) is 9.66. The molecule has 3 aliphatic rings. The molecule has 1 amide bonds. The van der Waals surface area contributed by atoms with E-state index in [1.165, 1.54) is 17.1 Å². The Hall–Kier alpha value is -3.63. The van der Waals surface area contributed by atoms with E-state index in [0.717, 1.165) is 40.5 Å². The highest BCUT2D eigenvalue weighted by molar-refractivity contribution is 7.89. The Morgan fingerprint density at radius 2 is 1.38 bits per heavy atom. The van der Waals surface area contributed by atoms with Crippen LogP contribution in [0.3, 0.4) is 0 Å². The second kappa shape index (κ2) is 13.5. The molecule has 10 heteroatoms. The number of piperidine rings is 1. The SMILES string of the molecule is N[C@H]1CCN(C(=O)[C@H]2C[C@H](Oc3ccc(-c4ccc(Cl)cc4)cc3)CCN2S(=O)(=O)c2ccc3cc(OC4CCCC4)ccc3c2)C1. The molecule has 47 heavy (non-hydrogen) atoms. The highest BCUT2D eigenvalue weighted by Crippen LogP contribution is 2.33. The number of hydrogen-bond donors (Lipinski definition) is 1. The van der Waals surface area contributed by atoms with Crippen molar-refractivity contribution in [2.24, 2.45) is 5.73 Å². The van der Waals surface area contributed by atoms with E-state index in [-0.39, 0.29) is 42.0 Å². The summed E-state index contributed by atoms with van der Waals surface area (Å²) in [6, 6.07) is 25.4. The Balaban J connectivity index is 1.10. The van der Waals surface area contributed by atoms with Crippen LogP contribution in [0.1, 0.15) is 44.9 Å². The topological polar surface area (TPSA) is 102 Å². The summed E-state index contributed by atoms with van der Waals surface area (Å²) in [4.78, 5) is 15.8. The zero-order valence-corrected chi connectivity index (χ0v) is 27.8. The van der Waals surface area contributed by atoms with Gasteiger partial charge >= 0.3 is 0 Å². The lowest BCUT2D eigenvalue weighted by Gasteiger charge is -2.39. The number of halogens is 1. The Bertz CT molecular complexity index is 1840. The van der Waals surface area contributed by atoms with Gasteiger partial charge in [-0.15, -0.1) is 0 Å². The molecule has 3 atom stereocenters. The number of fused-ring (bicyclic) bond motifs is 1. The van der Waals surface area contributed by atoms with Crippen molar-refractivity contribution in [3.8, 4) is 22.6 Å². The van der Waals surface area contributed by atoms with Crippen molar-refractivity contribution in [1.29, 1.82) is 0 Å². The largest absolute Gasteiger partial charge is 0.490 e. The number of carbonyl (C=O) groups excluding carboxylic acids is 1. The molecule has 2 saturated heterocycles. The molecule has 7 rings (SSSR count). The lowest BCUT2D eigenvalue weighted by Crippen LogP contribution is -2.56. The highest BCUT2D eigenvalue weighted by atomic mass is 35.5. The van der Waals surface area contributed by atoms with Gasteiger partial charge in [-0.2, -0.15) is 4.31 Å². The molecule has 4 aromatic rings. The van der Waals surface area contributed by atoms with Gasteiger partial charge in [-0.25, -0.2) is 8.42 Å². The average Bonchev–Trinajstić information content (AvgIpc) is 3.76. The molecule has 0 radical (unpaired) electrons. The number of benzene rings is 4. The summed E-state index contributed by atoms with van der Waals surface area (Å²) in [5, 5.41) is 2.40. The first-order chi connectivity index (χ1) is 22.7. The molecule has 1 saturated carbocycles. The lowest BCUT2D eigenvalue weighted by atomic mass is 10.0. The van der Waals surface area contributed by atoms with E-state index in [1.807, 2.05) is 72.8 Å². The third-order valence-corrected chi connectivity index (χ3v) is 11.8. The molecule has 2 aliphatic heterocycles. The van der Waals surface area contributed by atoms with Gasteiger partial charge in [0.2, 0.25) is 15.9 Å². The van der Waals surface area contributed by atoms with E-state index < -0.39 is 16.1 Å². The normalized spacial score (nSPS) is 22.5.